The molecule has 0 aliphatic carbocycles. The molecule has 0 spiro atoms. The van der Waals surface area contributed by atoms with E-state index < -0.39 is 6.04 Å². The average Bonchev–Trinajstić information content (AvgIpc) is 3.00. The molecule has 1 heterocycles. The summed E-state index contributed by atoms with van der Waals surface area (Å²) in [6, 6.07) is 8.77. The lowest BCUT2D eigenvalue weighted by Gasteiger charge is -2.17. The van der Waals surface area contributed by atoms with Gasteiger partial charge in [0.25, 0.3) is 0 Å². The molecule has 22 heavy (non-hydrogen) atoms. The van der Waals surface area contributed by atoms with Gasteiger partial charge in [0.05, 0.1) is 12.6 Å². The number of benzene rings is 1. The molecule has 0 bridgehead atoms. The third-order valence-electron chi connectivity index (χ3n) is 2.90. The number of nitrogens with zero attached hydrogens (tertiary/aromatic N) is 4. The average molecular weight is 327 g/mol. The van der Waals surface area contributed by atoms with Crippen LogP contribution in [0.5, 0.6) is 0 Å². The Labute approximate surface area is 135 Å². The Kier molecular flexibility index (Phi) is 7.14. The predicted octanol–water partition coefficient (Wildman–Crippen LogP) is -0.404. The Morgan fingerprint density at radius 1 is 1.32 bits per heavy atom. The first kappa shape index (κ1) is 17.7. The first-order valence-electron chi connectivity index (χ1n) is 6.46. The van der Waals surface area contributed by atoms with E-state index in [9.17, 15) is 9.59 Å². The van der Waals surface area contributed by atoms with Gasteiger partial charge in [-0.3, -0.25) is 9.59 Å². The van der Waals surface area contributed by atoms with Crippen LogP contribution in [0.2, 0.25) is 0 Å². The topological polar surface area (TPSA) is 116 Å². The highest BCUT2D eigenvalue weighted by molar-refractivity contribution is 5.89. The molecule has 2 aromatic rings. The molecule has 1 unspecified atom stereocenters. The number of rotatable bonds is 7. The van der Waals surface area contributed by atoms with Crippen molar-refractivity contribution in [2.75, 3.05) is 6.54 Å². The summed E-state index contributed by atoms with van der Waals surface area (Å²) in [6.45, 7) is -0.168. The lowest BCUT2D eigenvalue weighted by Crippen LogP contribution is -2.46. The maximum absolute atomic E-state index is 12.3. The monoisotopic (exact) mass is 326 g/mol. The summed E-state index contributed by atoms with van der Waals surface area (Å²) in [4.78, 5) is 23.8. The number of carbonyl (C=O) groups excluding carboxylic acids is 2. The summed E-state index contributed by atoms with van der Waals surface area (Å²) in [5, 5.41) is 13.2. The Hall–Kier alpha value is -2.32. The molecule has 1 amide bonds. The molecular weight excluding hydrogens is 308 g/mol. The number of nitrogens with one attached hydrogen (secondary N) is 1. The number of tetrazole rings is 1. The minimum absolute atomic E-state index is 0. The fourth-order valence-corrected chi connectivity index (χ4v) is 1.87. The molecule has 1 aromatic heterocycles. The van der Waals surface area contributed by atoms with Gasteiger partial charge >= 0.3 is 0 Å². The van der Waals surface area contributed by atoms with E-state index in [1.165, 1.54) is 11.0 Å². The summed E-state index contributed by atoms with van der Waals surface area (Å²) in [5.41, 5.74) is 6.24. The first-order chi connectivity index (χ1) is 10.2. The van der Waals surface area contributed by atoms with Crippen LogP contribution >= 0.6 is 12.4 Å². The molecule has 0 saturated heterocycles. The number of halogens is 1. The van der Waals surface area contributed by atoms with Gasteiger partial charge in [0.15, 0.2) is 5.78 Å². The molecule has 2 rings (SSSR count). The number of ketones is 1. The third-order valence-corrected chi connectivity index (χ3v) is 2.90. The molecule has 120 valence electrons. The molecule has 1 aromatic carbocycles. The lowest BCUT2D eigenvalue weighted by molar-refractivity contribution is -0.127. The van der Waals surface area contributed by atoms with Gasteiger partial charge in [-0.15, -0.1) is 17.5 Å². The Morgan fingerprint density at radius 2 is 2.05 bits per heavy atom. The van der Waals surface area contributed by atoms with Crippen molar-refractivity contribution in [1.29, 1.82) is 0 Å². The van der Waals surface area contributed by atoms with E-state index >= 15 is 0 Å². The van der Waals surface area contributed by atoms with E-state index in [2.05, 4.69) is 20.8 Å². The van der Waals surface area contributed by atoms with Gasteiger partial charge in [-0.1, -0.05) is 30.3 Å². The largest absolute Gasteiger partial charge is 0.345 e. The molecule has 0 radical (unpaired) electrons. The van der Waals surface area contributed by atoms with Gasteiger partial charge in [0, 0.05) is 1.43 Å². The Balaban J connectivity index is 0.00000242. The zero-order chi connectivity index (χ0) is 15.1. The predicted molar refractivity (Wildman–Crippen MR) is 83.3 cm³/mol. The van der Waals surface area contributed by atoms with Crippen LogP contribution in [0.3, 0.4) is 0 Å². The number of Topliss-reactive ketones (excluding diaryl/α,β-unsaturated/α-hetero) is 1. The SMILES string of the molecule is Cl.NCC(=O)NC(Cc1ccccc1)C(=O)Cn1cnnn1.[HH]. The van der Waals surface area contributed by atoms with Crippen LogP contribution in [-0.2, 0) is 22.6 Å². The van der Waals surface area contributed by atoms with Gasteiger partial charge < -0.3 is 11.1 Å². The Morgan fingerprint density at radius 3 is 2.64 bits per heavy atom. The third kappa shape index (κ3) is 5.23. The first-order valence-corrected chi connectivity index (χ1v) is 6.46. The summed E-state index contributed by atoms with van der Waals surface area (Å²) in [7, 11) is 0. The van der Waals surface area contributed by atoms with Crippen LogP contribution in [0.25, 0.3) is 0 Å². The van der Waals surface area contributed by atoms with Gasteiger partial charge in [-0.2, -0.15) is 0 Å². The van der Waals surface area contributed by atoms with E-state index in [0.29, 0.717) is 6.42 Å². The van der Waals surface area contributed by atoms with Crippen LogP contribution in [0.15, 0.2) is 36.7 Å². The minimum Gasteiger partial charge on any atom is -0.345 e. The number of carbonyl (C=O) groups is 2. The van der Waals surface area contributed by atoms with Gasteiger partial charge in [0.1, 0.15) is 12.9 Å². The second-order valence-corrected chi connectivity index (χ2v) is 4.49. The second kappa shape index (κ2) is 8.85. The molecule has 0 aliphatic rings. The lowest BCUT2D eigenvalue weighted by atomic mass is 10.0. The normalized spacial score (nSPS) is 11.3. The molecular formula is C13H19ClN6O2. The van der Waals surface area contributed by atoms with E-state index in [0.717, 1.165) is 5.56 Å². The maximum Gasteiger partial charge on any atom is 0.234 e. The summed E-state index contributed by atoms with van der Waals surface area (Å²) in [6.07, 6.45) is 1.75. The molecule has 8 nitrogen and oxygen atoms in total. The molecule has 1 atom stereocenters. The van der Waals surface area contributed by atoms with Crippen molar-refractivity contribution in [3.05, 3.63) is 42.2 Å². The highest BCUT2D eigenvalue weighted by Crippen LogP contribution is 2.05. The van der Waals surface area contributed by atoms with Crippen LogP contribution < -0.4 is 11.1 Å². The van der Waals surface area contributed by atoms with Crippen LogP contribution in [0.1, 0.15) is 6.99 Å². The van der Waals surface area contributed by atoms with Crippen molar-refractivity contribution >= 4 is 24.1 Å². The van der Waals surface area contributed by atoms with E-state index in [1.807, 2.05) is 30.3 Å². The summed E-state index contributed by atoms with van der Waals surface area (Å²) in [5.74, 6) is -0.561. The van der Waals surface area contributed by atoms with Crippen molar-refractivity contribution in [2.24, 2.45) is 5.73 Å². The number of nitrogens with two attached hydrogens (primary N) is 1. The molecule has 0 saturated carbocycles. The number of hydrogen-bond donors (Lipinski definition) is 2. The molecule has 0 fully saturated rings. The maximum atomic E-state index is 12.3. The van der Waals surface area contributed by atoms with Crippen LogP contribution in [-0.4, -0.2) is 44.5 Å². The zero-order valence-electron chi connectivity index (χ0n) is 11.8. The quantitative estimate of drug-likeness (QED) is 0.715. The number of aromatic nitrogens is 4. The molecule has 0 aliphatic heterocycles. The highest BCUT2D eigenvalue weighted by Gasteiger charge is 2.21. The fraction of sp³-hybridized carbons (Fsp3) is 0.308. The van der Waals surface area contributed by atoms with Crippen LogP contribution in [0, 0.1) is 0 Å². The number of amides is 1. The van der Waals surface area contributed by atoms with E-state index in [-0.39, 0.29) is 38.6 Å². The van der Waals surface area contributed by atoms with Crippen molar-refractivity contribution in [3.8, 4) is 0 Å². The van der Waals surface area contributed by atoms with Crippen molar-refractivity contribution in [1.82, 2.24) is 25.5 Å². The van der Waals surface area contributed by atoms with Crippen molar-refractivity contribution in [3.63, 3.8) is 0 Å². The van der Waals surface area contributed by atoms with E-state index in [4.69, 9.17) is 5.73 Å². The van der Waals surface area contributed by atoms with E-state index in [1.54, 1.807) is 0 Å². The van der Waals surface area contributed by atoms with Gasteiger partial charge in [-0.05, 0) is 22.4 Å². The molecule has 3 N–H and O–H groups in total. The summed E-state index contributed by atoms with van der Waals surface area (Å²) >= 11 is 0. The number of hydrogen-bond acceptors (Lipinski definition) is 6. The fourth-order valence-electron chi connectivity index (χ4n) is 1.87. The van der Waals surface area contributed by atoms with Crippen molar-refractivity contribution in [2.45, 2.75) is 19.0 Å². The standard InChI is InChI=1S/C13H16N6O2.ClH.H2/c14-7-13(21)16-11(6-10-4-2-1-3-5-10)12(20)8-19-9-15-17-18-19;;/h1-5,9,11H,6-8,14H2,(H,16,21);2*1H. The van der Waals surface area contributed by atoms with Gasteiger partial charge in [0.2, 0.25) is 5.91 Å². The zero-order valence-corrected chi connectivity index (χ0v) is 12.6. The highest BCUT2D eigenvalue weighted by atomic mass is 35.5. The van der Waals surface area contributed by atoms with Crippen LogP contribution in [0.4, 0.5) is 0 Å². The summed E-state index contributed by atoms with van der Waals surface area (Å²) < 4.78 is 1.31. The van der Waals surface area contributed by atoms with Gasteiger partial charge in [-0.25, -0.2) is 4.68 Å². The smallest absolute Gasteiger partial charge is 0.234 e. The molecule has 9 heteroatoms. The Bertz CT molecular complexity index is 596. The minimum atomic E-state index is -0.660. The van der Waals surface area contributed by atoms with Crippen molar-refractivity contribution < 1.29 is 11.0 Å². The second-order valence-electron chi connectivity index (χ2n) is 4.49.